The molecule has 0 saturated heterocycles. The highest BCUT2D eigenvalue weighted by Crippen LogP contribution is 2.43. The largest absolute Gasteiger partial charge is 0.264 e. The molecule has 0 unspecified atom stereocenters. The molecule has 2 heterocycles. The quantitative estimate of drug-likeness (QED) is 0.204. The molecule has 5 aromatic carbocycles. The summed E-state index contributed by atoms with van der Waals surface area (Å²) in [5.74, 6) is 0. The van der Waals surface area contributed by atoms with Crippen molar-refractivity contribution < 1.29 is 0 Å². The molecule has 0 N–H and O–H groups in total. The summed E-state index contributed by atoms with van der Waals surface area (Å²) in [6.45, 7) is 2.06. The van der Waals surface area contributed by atoms with Gasteiger partial charge in [-0.15, -0.1) is 0 Å². The molecule has 0 fully saturated rings. The third kappa shape index (κ3) is 4.52. The SMILES string of the molecule is Cc1cncc(-c2cccc(-c3ccc4cc(-c5c6ccccc6c(C6=CC=CCC6)c6ccccc56)ccc4c3)n2)c1. The van der Waals surface area contributed by atoms with Crippen LogP contribution in [0.3, 0.4) is 0 Å². The summed E-state index contributed by atoms with van der Waals surface area (Å²) in [5.41, 5.74) is 10.5. The molecule has 1 aliphatic carbocycles. The van der Waals surface area contributed by atoms with Crippen LogP contribution in [0.2, 0.25) is 0 Å². The molecule has 2 heteroatoms. The highest BCUT2D eigenvalue weighted by molar-refractivity contribution is 6.19. The third-order valence-electron chi connectivity index (χ3n) is 8.61. The van der Waals surface area contributed by atoms with Crippen molar-refractivity contribution >= 4 is 37.9 Å². The molecule has 2 nitrogen and oxygen atoms in total. The van der Waals surface area contributed by atoms with Gasteiger partial charge in [0.2, 0.25) is 0 Å². The van der Waals surface area contributed by atoms with Gasteiger partial charge in [-0.05, 0) is 110 Å². The Kier molecular flexibility index (Phi) is 6.19. The molecule has 204 valence electrons. The van der Waals surface area contributed by atoms with Gasteiger partial charge in [0.25, 0.3) is 0 Å². The molecule has 7 aromatic rings. The molecule has 0 amide bonds. The first-order valence-corrected chi connectivity index (χ1v) is 15.0. The van der Waals surface area contributed by atoms with E-state index in [-0.39, 0.29) is 0 Å². The average molecular weight is 551 g/mol. The Bertz CT molecular complexity index is 2200. The van der Waals surface area contributed by atoms with E-state index in [1.54, 1.807) is 0 Å². The van der Waals surface area contributed by atoms with E-state index in [9.17, 15) is 0 Å². The zero-order valence-corrected chi connectivity index (χ0v) is 24.1. The lowest BCUT2D eigenvalue weighted by molar-refractivity contribution is 1.06. The van der Waals surface area contributed by atoms with Crippen molar-refractivity contribution in [1.29, 1.82) is 0 Å². The molecule has 0 aliphatic heterocycles. The van der Waals surface area contributed by atoms with Gasteiger partial charge in [0, 0.05) is 23.5 Å². The predicted octanol–water partition coefficient (Wildman–Crippen LogP) is 11.0. The fourth-order valence-corrected chi connectivity index (χ4v) is 6.61. The molecular formula is C41H30N2. The summed E-state index contributed by atoms with van der Waals surface area (Å²) in [5, 5.41) is 7.67. The molecule has 0 atom stereocenters. The highest BCUT2D eigenvalue weighted by atomic mass is 14.7. The fraction of sp³-hybridized carbons (Fsp3) is 0.0732. The third-order valence-corrected chi connectivity index (χ3v) is 8.61. The van der Waals surface area contributed by atoms with E-state index in [4.69, 9.17) is 4.98 Å². The van der Waals surface area contributed by atoms with E-state index < -0.39 is 0 Å². The fourth-order valence-electron chi connectivity index (χ4n) is 6.61. The molecule has 0 saturated carbocycles. The smallest absolute Gasteiger partial charge is 0.0725 e. The van der Waals surface area contributed by atoms with Gasteiger partial charge in [-0.3, -0.25) is 4.98 Å². The molecular weight excluding hydrogens is 520 g/mol. The second-order valence-corrected chi connectivity index (χ2v) is 11.4. The Morgan fingerprint density at radius 2 is 1.19 bits per heavy atom. The van der Waals surface area contributed by atoms with Crippen molar-refractivity contribution in [3.05, 3.63) is 151 Å². The first-order valence-electron chi connectivity index (χ1n) is 15.0. The molecule has 0 radical (unpaired) electrons. The summed E-state index contributed by atoms with van der Waals surface area (Å²) in [6, 6.07) is 39.7. The van der Waals surface area contributed by atoms with Gasteiger partial charge in [-0.2, -0.15) is 0 Å². The minimum atomic E-state index is 0.936. The number of benzene rings is 5. The van der Waals surface area contributed by atoms with Crippen LogP contribution in [-0.2, 0) is 0 Å². The van der Waals surface area contributed by atoms with Crippen LogP contribution in [0.5, 0.6) is 0 Å². The number of allylic oxidation sites excluding steroid dienone is 4. The summed E-state index contributed by atoms with van der Waals surface area (Å²) >= 11 is 0. The lowest BCUT2D eigenvalue weighted by atomic mass is 9.83. The van der Waals surface area contributed by atoms with E-state index in [0.717, 1.165) is 40.9 Å². The number of pyridine rings is 2. The zero-order valence-electron chi connectivity index (χ0n) is 24.1. The maximum absolute atomic E-state index is 4.99. The number of nitrogens with zero attached hydrogens (tertiary/aromatic N) is 2. The standard InChI is InChI=1S/C41H30N2/c1-27-22-33(26-42-25-27)39-17-9-16-38(43-39)31-20-18-30-24-32(21-19-29(30)23-31)41-36-14-7-5-12-34(36)40(28-10-3-2-4-11-28)35-13-6-8-15-37(35)41/h2-3,5-10,12-26H,4,11H2,1H3. The Morgan fingerprint density at radius 3 is 1.84 bits per heavy atom. The maximum atomic E-state index is 4.99. The monoisotopic (exact) mass is 550 g/mol. The van der Waals surface area contributed by atoms with Crippen LogP contribution in [0.4, 0.5) is 0 Å². The van der Waals surface area contributed by atoms with E-state index in [0.29, 0.717) is 0 Å². The van der Waals surface area contributed by atoms with Crippen LogP contribution in [0.1, 0.15) is 24.0 Å². The van der Waals surface area contributed by atoms with Gasteiger partial charge in [0.1, 0.15) is 0 Å². The van der Waals surface area contributed by atoms with Crippen LogP contribution < -0.4 is 0 Å². The normalized spacial score (nSPS) is 13.1. The molecule has 8 rings (SSSR count). The number of rotatable bonds is 4. The summed E-state index contributed by atoms with van der Waals surface area (Å²) in [4.78, 5) is 9.35. The van der Waals surface area contributed by atoms with E-state index in [1.807, 2.05) is 12.4 Å². The number of hydrogen-bond acceptors (Lipinski definition) is 2. The highest BCUT2D eigenvalue weighted by Gasteiger charge is 2.18. The van der Waals surface area contributed by atoms with Gasteiger partial charge in [0.15, 0.2) is 0 Å². The van der Waals surface area contributed by atoms with Crippen LogP contribution in [0.15, 0.2) is 140 Å². The van der Waals surface area contributed by atoms with E-state index in [1.165, 1.54) is 54.6 Å². The minimum Gasteiger partial charge on any atom is -0.264 e. The first-order chi connectivity index (χ1) is 21.2. The van der Waals surface area contributed by atoms with Gasteiger partial charge < -0.3 is 0 Å². The molecule has 0 spiro atoms. The van der Waals surface area contributed by atoms with Crippen LogP contribution in [0.25, 0.3) is 71.5 Å². The van der Waals surface area contributed by atoms with Crippen molar-refractivity contribution in [3.8, 4) is 33.6 Å². The molecule has 0 bridgehead atoms. The number of aromatic nitrogens is 2. The number of hydrogen-bond donors (Lipinski definition) is 0. The van der Waals surface area contributed by atoms with Gasteiger partial charge >= 0.3 is 0 Å². The Hall–Kier alpha value is -5.34. The lowest BCUT2D eigenvalue weighted by Gasteiger charge is -2.20. The Balaban J connectivity index is 1.26. The van der Waals surface area contributed by atoms with Crippen LogP contribution in [-0.4, -0.2) is 9.97 Å². The predicted molar refractivity (Wildman–Crippen MR) is 182 cm³/mol. The maximum Gasteiger partial charge on any atom is 0.0725 e. The van der Waals surface area contributed by atoms with Crippen LogP contribution in [0, 0.1) is 6.92 Å². The van der Waals surface area contributed by atoms with Gasteiger partial charge in [-0.25, -0.2) is 4.98 Å². The molecule has 1 aliphatic rings. The lowest BCUT2D eigenvalue weighted by Crippen LogP contribution is -1.95. The second-order valence-electron chi connectivity index (χ2n) is 11.4. The zero-order chi connectivity index (χ0) is 28.8. The van der Waals surface area contributed by atoms with E-state index >= 15 is 0 Å². The van der Waals surface area contributed by atoms with Crippen molar-refractivity contribution in [2.24, 2.45) is 0 Å². The molecule has 2 aromatic heterocycles. The van der Waals surface area contributed by atoms with Gasteiger partial charge in [0.05, 0.1) is 11.4 Å². The summed E-state index contributed by atoms with van der Waals surface area (Å²) < 4.78 is 0. The Morgan fingerprint density at radius 1 is 0.558 bits per heavy atom. The van der Waals surface area contributed by atoms with Crippen molar-refractivity contribution in [2.45, 2.75) is 19.8 Å². The first kappa shape index (κ1) is 25.4. The topological polar surface area (TPSA) is 25.8 Å². The summed E-state index contributed by atoms with van der Waals surface area (Å²) in [7, 11) is 0. The van der Waals surface area contributed by atoms with Crippen LogP contribution >= 0.6 is 0 Å². The number of fused-ring (bicyclic) bond motifs is 3. The molecule has 43 heavy (non-hydrogen) atoms. The van der Waals surface area contributed by atoms with Crippen molar-refractivity contribution in [3.63, 3.8) is 0 Å². The Labute approximate surface area is 251 Å². The summed E-state index contributed by atoms with van der Waals surface area (Å²) in [6.07, 6.45) is 12.7. The van der Waals surface area contributed by atoms with E-state index in [2.05, 4.69) is 139 Å². The second kappa shape index (κ2) is 10.5. The van der Waals surface area contributed by atoms with Crippen molar-refractivity contribution in [1.82, 2.24) is 9.97 Å². The minimum absolute atomic E-state index is 0.936. The van der Waals surface area contributed by atoms with Gasteiger partial charge in [-0.1, -0.05) is 97.1 Å². The number of aryl methyl sites for hydroxylation is 1. The average Bonchev–Trinajstić information content (AvgIpc) is 3.07. The van der Waals surface area contributed by atoms with Crippen molar-refractivity contribution in [2.75, 3.05) is 0 Å².